The van der Waals surface area contributed by atoms with Crippen LogP contribution in [0, 0.1) is 13.8 Å². The van der Waals surface area contributed by atoms with Gasteiger partial charge in [-0.25, -0.2) is 0 Å². The molecule has 2 rings (SSSR count). The Balaban J connectivity index is 0.00000162. The van der Waals surface area contributed by atoms with Crippen molar-refractivity contribution in [2.75, 3.05) is 0 Å². The fourth-order valence-electron chi connectivity index (χ4n) is 2.05. The Morgan fingerprint density at radius 1 is 1.28 bits per heavy atom. The summed E-state index contributed by atoms with van der Waals surface area (Å²) in [6.07, 6.45) is 1.61. The highest BCUT2D eigenvalue weighted by atomic mass is 35.5. The zero-order valence-electron chi connectivity index (χ0n) is 11.1. The maximum absolute atomic E-state index is 11.8. The van der Waals surface area contributed by atoms with Gasteiger partial charge in [-0.2, -0.15) is 0 Å². The van der Waals surface area contributed by atoms with Gasteiger partial charge in [-0.15, -0.1) is 12.4 Å². The highest BCUT2D eigenvalue weighted by Gasteiger charge is 2.46. The van der Waals surface area contributed by atoms with Gasteiger partial charge in [0.25, 0.3) is 0 Å². The van der Waals surface area contributed by atoms with E-state index < -0.39 is 5.54 Å². The molecule has 1 atom stereocenters. The number of nitrogens with two attached hydrogens (primary N) is 1. The molecule has 1 aromatic rings. The molecule has 1 amide bonds. The molecule has 0 heterocycles. The predicted molar refractivity (Wildman–Crippen MR) is 75.9 cm³/mol. The summed E-state index contributed by atoms with van der Waals surface area (Å²) in [7, 11) is 0. The van der Waals surface area contributed by atoms with Gasteiger partial charge in [0.15, 0.2) is 0 Å². The number of hydrogen-bond acceptors (Lipinski definition) is 2. The molecule has 0 saturated heterocycles. The Morgan fingerprint density at radius 2 is 1.78 bits per heavy atom. The smallest absolute Gasteiger partial charge is 0.240 e. The zero-order chi connectivity index (χ0) is 12.6. The van der Waals surface area contributed by atoms with Crippen LogP contribution in [0.15, 0.2) is 18.2 Å². The first-order valence-corrected chi connectivity index (χ1v) is 6.09. The van der Waals surface area contributed by atoms with Crippen molar-refractivity contribution in [3.63, 3.8) is 0 Å². The van der Waals surface area contributed by atoms with Crippen molar-refractivity contribution in [3.05, 3.63) is 34.9 Å². The number of benzene rings is 1. The second-order valence-corrected chi connectivity index (χ2v) is 5.27. The molecule has 3 N–H and O–H groups in total. The monoisotopic (exact) mass is 268 g/mol. The Morgan fingerprint density at radius 3 is 2.22 bits per heavy atom. The number of amides is 1. The molecular weight excluding hydrogens is 248 g/mol. The quantitative estimate of drug-likeness (QED) is 0.884. The number of rotatable bonds is 3. The van der Waals surface area contributed by atoms with E-state index in [0.717, 1.165) is 18.4 Å². The van der Waals surface area contributed by atoms with Gasteiger partial charge in [0.05, 0.1) is 11.6 Å². The van der Waals surface area contributed by atoms with E-state index in [-0.39, 0.29) is 24.4 Å². The van der Waals surface area contributed by atoms with Crippen LogP contribution in [0.25, 0.3) is 0 Å². The average molecular weight is 269 g/mol. The van der Waals surface area contributed by atoms with E-state index in [4.69, 9.17) is 5.73 Å². The normalized spacial score (nSPS) is 17.6. The number of halogens is 1. The third-order valence-corrected chi connectivity index (χ3v) is 3.33. The molecule has 4 heteroatoms. The summed E-state index contributed by atoms with van der Waals surface area (Å²) in [5.74, 6) is -0.0239. The van der Waals surface area contributed by atoms with Crippen LogP contribution < -0.4 is 11.1 Å². The third kappa shape index (κ3) is 3.24. The molecule has 0 spiro atoms. The number of hydrogen-bond donors (Lipinski definition) is 2. The van der Waals surface area contributed by atoms with Crippen molar-refractivity contribution in [2.24, 2.45) is 5.73 Å². The van der Waals surface area contributed by atoms with Crippen molar-refractivity contribution in [2.45, 2.75) is 45.2 Å². The van der Waals surface area contributed by atoms with Gasteiger partial charge in [0.1, 0.15) is 0 Å². The van der Waals surface area contributed by atoms with E-state index >= 15 is 0 Å². The van der Waals surface area contributed by atoms with Crippen LogP contribution in [0.2, 0.25) is 0 Å². The van der Waals surface area contributed by atoms with Crippen molar-refractivity contribution in [3.8, 4) is 0 Å². The summed E-state index contributed by atoms with van der Waals surface area (Å²) in [5, 5.41) is 2.99. The van der Waals surface area contributed by atoms with Crippen LogP contribution in [-0.4, -0.2) is 11.4 Å². The highest BCUT2D eigenvalue weighted by molar-refractivity contribution is 5.89. The van der Waals surface area contributed by atoms with E-state index in [9.17, 15) is 4.79 Å². The minimum Gasteiger partial charge on any atom is -0.348 e. The standard InChI is InChI=1S/C14H20N2O.ClH/c1-9-6-10(2)8-12(7-9)11(3)16-13(17)14(15)4-5-14;/h6-8,11H,4-5,15H2,1-3H3,(H,16,17);1H. The van der Waals surface area contributed by atoms with Crippen LogP contribution in [0.3, 0.4) is 0 Å². The fraction of sp³-hybridized carbons (Fsp3) is 0.500. The lowest BCUT2D eigenvalue weighted by Crippen LogP contribution is -2.43. The molecule has 100 valence electrons. The molecule has 0 radical (unpaired) electrons. The number of nitrogens with one attached hydrogen (secondary N) is 1. The summed E-state index contributed by atoms with van der Waals surface area (Å²) >= 11 is 0. The second-order valence-electron chi connectivity index (χ2n) is 5.27. The van der Waals surface area contributed by atoms with E-state index in [0.29, 0.717) is 0 Å². The molecule has 18 heavy (non-hydrogen) atoms. The second kappa shape index (κ2) is 5.29. The maximum atomic E-state index is 11.8. The van der Waals surface area contributed by atoms with Crippen LogP contribution in [0.5, 0.6) is 0 Å². The van der Waals surface area contributed by atoms with E-state index in [2.05, 4.69) is 37.4 Å². The first kappa shape index (κ1) is 15.0. The lowest BCUT2D eigenvalue weighted by molar-refractivity contribution is -0.123. The van der Waals surface area contributed by atoms with Gasteiger partial charge in [-0.3, -0.25) is 4.79 Å². The van der Waals surface area contributed by atoms with Crippen LogP contribution >= 0.6 is 12.4 Å². The summed E-state index contributed by atoms with van der Waals surface area (Å²) in [4.78, 5) is 11.8. The van der Waals surface area contributed by atoms with Crippen LogP contribution in [-0.2, 0) is 4.79 Å². The first-order valence-electron chi connectivity index (χ1n) is 6.09. The molecule has 1 aromatic carbocycles. The molecule has 1 saturated carbocycles. The summed E-state index contributed by atoms with van der Waals surface area (Å²) < 4.78 is 0. The Bertz CT molecular complexity index is 435. The van der Waals surface area contributed by atoms with Crippen LogP contribution in [0.1, 0.15) is 42.5 Å². The lowest BCUT2D eigenvalue weighted by Gasteiger charge is -2.18. The molecule has 1 unspecified atom stereocenters. The van der Waals surface area contributed by atoms with Gasteiger partial charge in [-0.05, 0) is 39.2 Å². The predicted octanol–water partition coefficient (Wildman–Crippen LogP) is 2.39. The van der Waals surface area contributed by atoms with Gasteiger partial charge < -0.3 is 11.1 Å². The Hall–Kier alpha value is -1.06. The third-order valence-electron chi connectivity index (χ3n) is 3.33. The maximum Gasteiger partial charge on any atom is 0.240 e. The minimum absolute atomic E-state index is 0. The molecule has 1 fully saturated rings. The molecule has 0 bridgehead atoms. The Kier molecular flexibility index (Phi) is 4.41. The van der Waals surface area contributed by atoms with Gasteiger partial charge in [-0.1, -0.05) is 29.3 Å². The molecular formula is C14H21ClN2O. The minimum atomic E-state index is -0.590. The topological polar surface area (TPSA) is 55.1 Å². The van der Waals surface area contributed by atoms with Crippen molar-refractivity contribution in [1.82, 2.24) is 5.32 Å². The van der Waals surface area contributed by atoms with E-state index in [1.807, 2.05) is 6.92 Å². The SMILES string of the molecule is Cc1cc(C)cc(C(C)NC(=O)C2(N)CC2)c1.Cl. The largest absolute Gasteiger partial charge is 0.348 e. The molecule has 3 nitrogen and oxygen atoms in total. The van der Waals surface area contributed by atoms with Crippen molar-refractivity contribution >= 4 is 18.3 Å². The average Bonchev–Trinajstić information content (AvgIpc) is 2.96. The number of carbonyl (C=O) groups excluding carboxylic acids is 1. The molecule has 0 aromatic heterocycles. The van der Waals surface area contributed by atoms with Crippen molar-refractivity contribution < 1.29 is 4.79 Å². The Labute approximate surface area is 115 Å². The zero-order valence-corrected chi connectivity index (χ0v) is 11.9. The molecule has 1 aliphatic rings. The number of carbonyl (C=O) groups is 1. The van der Waals surface area contributed by atoms with E-state index in [1.165, 1.54) is 11.1 Å². The van der Waals surface area contributed by atoms with E-state index in [1.54, 1.807) is 0 Å². The van der Waals surface area contributed by atoms with Gasteiger partial charge >= 0.3 is 0 Å². The van der Waals surface area contributed by atoms with Gasteiger partial charge in [0.2, 0.25) is 5.91 Å². The first-order chi connectivity index (χ1) is 7.90. The highest BCUT2D eigenvalue weighted by Crippen LogP contribution is 2.33. The summed E-state index contributed by atoms with van der Waals surface area (Å²) in [6.45, 7) is 6.13. The van der Waals surface area contributed by atoms with Crippen LogP contribution in [0.4, 0.5) is 0 Å². The molecule has 0 aliphatic heterocycles. The fourth-order valence-corrected chi connectivity index (χ4v) is 2.05. The van der Waals surface area contributed by atoms with Gasteiger partial charge in [0, 0.05) is 0 Å². The number of aryl methyl sites for hydroxylation is 2. The van der Waals surface area contributed by atoms with Crippen molar-refractivity contribution in [1.29, 1.82) is 0 Å². The summed E-state index contributed by atoms with van der Waals surface area (Å²) in [5.41, 5.74) is 8.85. The lowest BCUT2D eigenvalue weighted by atomic mass is 10.0. The summed E-state index contributed by atoms with van der Waals surface area (Å²) in [6, 6.07) is 6.35. The molecule has 1 aliphatic carbocycles.